The summed E-state index contributed by atoms with van der Waals surface area (Å²) in [6.45, 7) is 7.37. The molecule has 0 aromatic carbocycles. The van der Waals surface area contributed by atoms with Crippen LogP contribution < -0.4 is 0 Å². The molecule has 0 radical (unpaired) electrons. The smallest absolute Gasteiger partial charge is 0.158 e. The zero-order valence-electron chi connectivity index (χ0n) is 8.79. The highest BCUT2D eigenvalue weighted by molar-refractivity contribution is 8.13. The van der Waals surface area contributed by atoms with E-state index in [9.17, 15) is 0 Å². The van der Waals surface area contributed by atoms with Crippen LogP contribution in [-0.4, -0.2) is 36.0 Å². The van der Waals surface area contributed by atoms with Crippen molar-refractivity contribution in [1.29, 1.82) is 0 Å². The number of rotatable bonds is 3. The lowest BCUT2D eigenvalue weighted by Gasteiger charge is -2.25. The monoisotopic (exact) mass is 188 g/mol. The molecule has 3 heteroatoms. The van der Waals surface area contributed by atoms with E-state index in [-0.39, 0.29) is 0 Å². The van der Waals surface area contributed by atoms with Crippen LogP contribution >= 0.6 is 11.8 Å². The van der Waals surface area contributed by atoms with Gasteiger partial charge in [0.2, 0.25) is 0 Å². The number of amidine groups is 1. The van der Waals surface area contributed by atoms with Crippen molar-refractivity contribution in [1.82, 2.24) is 4.90 Å². The molecule has 1 atom stereocenters. The number of nitrogens with zero attached hydrogens (tertiary/aromatic N) is 2. The molecule has 0 aliphatic heterocycles. The lowest BCUT2D eigenvalue weighted by atomic mass is 10.2. The molecule has 0 saturated carbocycles. The molecule has 0 amide bonds. The van der Waals surface area contributed by atoms with Gasteiger partial charge < -0.3 is 4.90 Å². The third-order valence-corrected chi connectivity index (χ3v) is 2.81. The summed E-state index contributed by atoms with van der Waals surface area (Å²) in [5.74, 6) is 0. The van der Waals surface area contributed by atoms with Crippen LogP contribution in [0.1, 0.15) is 27.2 Å². The molecule has 0 spiro atoms. The van der Waals surface area contributed by atoms with Crippen molar-refractivity contribution in [3.05, 3.63) is 0 Å². The highest BCUT2D eigenvalue weighted by Crippen LogP contribution is 2.09. The summed E-state index contributed by atoms with van der Waals surface area (Å²) < 4.78 is 0. The molecule has 0 N–H and O–H groups in total. The van der Waals surface area contributed by atoms with Crippen molar-refractivity contribution in [3.8, 4) is 0 Å². The number of aliphatic imine (C=N–C) groups is 1. The van der Waals surface area contributed by atoms with Crippen molar-refractivity contribution >= 4 is 16.9 Å². The molecular weight excluding hydrogens is 168 g/mol. The van der Waals surface area contributed by atoms with Crippen LogP contribution in [-0.2, 0) is 0 Å². The molecule has 12 heavy (non-hydrogen) atoms. The van der Waals surface area contributed by atoms with Gasteiger partial charge in [0.15, 0.2) is 5.17 Å². The van der Waals surface area contributed by atoms with Crippen molar-refractivity contribution in [2.24, 2.45) is 4.99 Å². The minimum atomic E-state index is 0.586. The van der Waals surface area contributed by atoms with E-state index in [0.29, 0.717) is 6.04 Å². The Labute approximate surface area is 80.4 Å². The van der Waals surface area contributed by atoms with E-state index in [1.54, 1.807) is 11.8 Å². The summed E-state index contributed by atoms with van der Waals surface area (Å²) in [7, 11) is 2.11. The van der Waals surface area contributed by atoms with Gasteiger partial charge in [-0.05, 0) is 26.5 Å². The topological polar surface area (TPSA) is 15.6 Å². The van der Waals surface area contributed by atoms with Crippen LogP contribution in [0.5, 0.6) is 0 Å². The summed E-state index contributed by atoms with van der Waals surface area (Å²) in [4.78, 5) is 6.66. The van der Waals surface area contributed by atoms with E-state index in [2.05, 4.69) is 44.0 Å². The zero-order valence-corrected chi connectivity index (χ0v) is 9.61. The maximum atomic E-state index is 4.42. The molecule has 0 heterocycles. The lowest BCUT2D eigenvalue weighted by molar-refractivity contribution is 0.386. The van der Waals surface area contributed by atoms with Gasteiger partial charge >= 0.3 is 0 Å². The Morgan fingerprint density at radius 2 is 2.08 bits per heavy atom. The van der Waals surface area contributed by atoms with E-state index >= 15 is 0 Å². The third kappa shape index (κ3) is 3.48. The van der Waals surface area contributed by atoms with E-state index in [0.717, 1.165) is 11.7 Å². The maximum Gasteiger partial charge on any atom is 0.158 e. The van der Waals surface area contributed by atoms with Gasteiger partial charge in [-0.2, -0.15) is 0 Å². The van der Waals surface area contributed by atoms with E-state index < -0.39 is 0 Å². The third-order valence-electron chi connectivity index (χ3n) is 2.03. The number of thioether (sulfide) groups is 1. The standard InChI is InChI=1S/C9H20N2S/c1-6-8(3)11(4)9(12-5)10-7-2/h8H,6-7H2,1-5H3. The molecule has 0 aromatic rings. The van der Waals surface area contributed by atoms with E-state index in [4.69, 9.17) is 0 Å². The van der Waals surface area contributed by atoms with Gasteiger partial charge in [0.05, 0.1) is 0 Å². The SMILES string of the molecule is CCN=C(SC)N(C)C(C)CC. The molecule has 0 aliphatic rings. The predicted molar refractivity (Wildman–Crippen MR) is 59.0 cm³/mol. The summed E-state index contributed by atoms with van der Waals surface area (Å²) in [6.07, 6.45) is 3.24. The first-order chi connectivity index (χ1) is 5.67. The fourth-order valence-electron chi connectivity index (χ4n) is 0.918. The number of hydrogen-bond acceptors (Lipinski definition) is 2. The zero-order chi connectivity index (χ0) is 9.56. The van der Waals surface area contributed by atoms with Crippen molar-refractivity contribution in [2.75, 3.05) is 19.8 Å². The fraction of sp³-hybridized carbons (Fsp3) is 0.889. The average Bonchev–Trinajstić information content (AvgIpc) is 2.11. The van der Waals surface area contributed by atoms with Crippen LogP contribution in [0.15, 0.2) is 4.99 Å². The average molecular weight is 188 g/mol. The molecule has 2 nitrogen and oxygen atoms in total. The van der Waals surface area contributed by atoms with Gasteiger partial charge in [-0.15, -0.1) is 0 Å². The van der Waals surface area contributed by atoms with Gasteiger partial charge in [0, 0.05) is 19.6 Å². The van der Waals surface area contributed by atoms with Crippen LogP contribution in [0.25, 0.3) is 0 Å². The second kappa shape index (κ2) is 6.35. The molecule has 72 valence electrons. The Bertz CT molecular complexity index is 145. The van der Waals surface area contributed by atoms with Crippen LogP contribution in [0.3, 0.4) is 0 Å². The molecule has 0 aromatic heterocycles. The Hall–Kier alpha value is -0.180. The Morgan fingerprint density at radius 3 is 2.42 bits per heavy atom. The normalized spacial score (nSPS) is 14.6. The van der Waals surface area contributed by atoms with E-state index in [1.807, 2.05) is 0 Å². The quantitative estimate of drug-likeness (QED) is 0.499. The molecular formula is C9H20N2S. The van der Waals surface area contributed by atoms with Gasteiger partial charge in [-0.25, -0.2) is 0 Å². The van der Waals surface area contributed by atoms with Crippen molar-refractivity contribution in [3.63, 3.8) is 0 Å². The minimum absolute atomic E-state index is 0.586. The summed E-state index contributed by atoms with van der Waals surface area (Å²) in [5.41, 5.74) is 0. The maximum absolute atomic E-state index is 4.42. The first kappa shape index (κ1) is 11.8. The minimum Gasteiger partial charge on any atom is -0.352 e. The van der Waals surface area contributed by atoms with Crippen LogP contribution in [0, 0.1) is 0 Å². The van der Waals surface area contributed by atoms with Gasteiger partial charge in [0.25, 0.3) is 0 Å². The summed E-state index contributed by atoms with van der Waals surface area (Å²) >= 11 is 1.72. The first-order valence-electron chi connectivity index (χ1n) is 4.48. The molecule has 0 fully saturated rings. The van der Waals surface area contributed by atoms with Crippen LogP contribution in [0.4, 0.5) is 0 Å². The molecule has 0 rings (SSSR count). The van der Waals surface area contributed by atoms with Crippen molar-refractivity contribution < 1.29 is 0 Å². The van der Waals surface area contributed by atoms with Gasteiger partial charge in [-0.1, -0.05) is 18.7 Å². The fourth-order valence-corrected chi connectivity index (χ4v) is 1.64. The van der Waals surface area contributed by atoms with Gasteiger partial charge in [-0.3, -0.25) is 4.99 Å². The predicted octanol–water partition coefficient (Wildman–Crippen LogP) is 2.46. The van der Waals surface area contributed by atoms with E-state index in [1.165, 1.54) is 6.42 Å². The summed E-state index contributed by atoms with van der Waals surface area (Å²) in [6, 6.07) is 0.586. The summed E-state index contributed by atoms with van der Waals surface area (Å²) in [5, 5.41) is 1.15. The molecule has 0 aliphatic carbocycles. The van der Waals surface area contributed by atoms with Crippen molar-refractivity contribution in [2.45, 2.75) is 33.2 Å². The second-order valence-electron chi connectivity index (χ2n) is 2.83. The highest BCUT2D eigenvalue weighted by atomic mass is 32.2. The molecule has 0 saturated heterocycles. The molecule has 0 bridgehead atoms. The highest BCUT2D eigenvalue weighted by Gasteiger charge is 2.09. The largest absolute Gasteiger partial charge is 0.352 e. The lowest BCUT2D eigenvalue weighted by Crippen LogP contribution is -2.32. The van der Waals surface area contributed by atoms with Gasteiger partial charge in [0.1, 0.15) is 0 Å². The Kier molecular flexibility index (Phi) is 6.25. The van der Waals surface area contributed by atoms with Crippen LogP contribution in [0.2, 0.25) is 0 Å². The second-order valence-corrected chi connectivity index (χ2v) is 3.60. The number of hydrogen-bond donors (Lipinski definition) is 0. The first-order valence-corrected chi connectivity index (χ1v) is 5.71. The Balaban J connectivity index is 4.20. The molecule has 1 unspecified atom stereocenters. The Morgan fingerprint density at radius 1 is 1.50 bits per heavy atom.